The average molecular weight is 263 g/mol. The standard InChI is InChI=1S/C12H13N3O2S/c1-2-8-5-14-11(18-8)7-15-12(17)9-3-4-13-6-10(9)16/h3-6,16H,2,7H2,1H3,(H,15,17). The van der Waals surface area contributed by atoms with Crippen LogP contribution in [-0.4, -0.2) is 21.0 Å². The van der Waals surface area contributed by atoms with Crippen LogP contribution in [0.25, 0.3) is 0 Å². The van der Waals surface area contributed by atoms with Crippen LogP contribution < -0.4 is 5.32 Å². The molecule has 0 unspecified atom stereocenters. The molecule has 2 rings (SSSR count). The molecule has 0 fully saturated rings. The van der Waals surface area contributed by atoms with Crippen molar-refractivity contribution in [2.24, 2.45) is 0 Å². The van der Waals surface area contributed by atoms with Gasteiger partial charge in [-0.25, -0.2) is 4.98 Å². The van der Waals surface area contributed by atoms with Crippen LogP contribution in [0, 0.1) is 0 Å². The molecule has 0 saturated heterocycles. The lowest BCUT2D eigenvalue weighted by Crippen LogP contribution is -2.22. The van der Waals surface area contributed by atoms with Gasteiger partial charge in [0.1, 0.15) is 10.8 Å². The van der Waals surface area contributed by atoms with E-state index in [-0.39, 0.29) is 17.2 Å². The van der Waals surface area contributed by atoms with E-state index in [1.165, 1.54) is 23.3 Å². The lowest BCUT2D eigenvalue weighted by atomic mass is 10.2. The van der Waals surface area contributed by atoms with Crippen molar-refractivity contribution in [3.63, 3.8) is 0 Å². The predicted octanol–water partition coefficient (Wildman–Crippen LogP) is 1.74. The van der Waals surface area contributed by atoms with Gasteiger partial charge in [-0.2, -0.15) is 0 Å². The number of carbonyl (C=O) groups is 1. The molecule has 5 nitrogen and oxygen atoms in total. The number of aryl methyl sites for hydroxylation is 1. The van der Waals surface area contributed by atoms with Crippen molar-refractivity contribution >= 4 is 17.2 Å². The first-order chi connectivity index (χ1) is 8.70. The number of nitrogens with zero attached hydrogens (tertiary/aromatic N) is 2. The van der Waals surface area contributed by atoms with Gasteiger partial charge in [0.25, 0.3) is 5.91 Å². The third-order valence-corrected chi connectivity index (χ3v) is 3.54. The van der Waals surface area contributed by atoms with E-state index < -0.39 is 0 Å². The maximum atomic E-state index is 11.8. The zero-order valence-electron chi connectivity index (χ0n) is 9.88. The van der Waals surface area contributed by atoms with Crippen LogP contribution in [0.5, 0.6) is 5.75 Å². The zero-order valence-corrected chi connectivity index (χ0v) is 10.7. The van der Waals surface area contributed by atoms with Crippen molar-refractivity contribution in [3.8, 4) is 5.75 Å². The summed E-state index contributed by atoms with van der Waals surface area (Å²) in [6.07, 6.45) is 5.47. The van der Waals surface area contributed by atoms with Crippen LogP contribution in [0.4, 0.5) is 0 Å². The first-order valence-corrected chi connectivity index (χ1v) is 6.37. The van der Waals surface area contributed by atoms with E-state index in [9.17, 15) is 9.90 Å². The van der Waals surface area contributed by atoms with E-state index in [1.807, 2.05) is 6.20 Å². The molecule has 0 bridgehead atoms. The minimum absolute atomic E-state index is 0.122. The van der Waals surface area contributed by atoms with Crippen LogP contribution in [0.3, 0.4) is 0 Å². The maximum Gasteiger partial charge on any atom is 0.255 e. The molecule has 0 aliphatic rings. The van der Waals surface area contributed by atoms with Crippen molar-refractivity contribution in [2.45, 2.75) is 19.9 Å². The lowest BCUT2D eigenvalue weighted by Gasteiger charge is -2.04. The number of carbonyl (C=O) groups excluding carboxylic acids is 1. The lowest BCUT2D eigenvalue weighted by molar-refractivity contribution is 0.0948. The normalized spacial score (nSPS) is 10.3. The van der Waals surface area contributed by atoms with Gasteiger partial charge in [-0.1, -0.05) is 6.92 Å². The molecule has 2 aromatic rings. The molecule has 0 atom stereocenters. The Morgan fingerprint density at radius 3 is 3.00 bits per heavy atom. The molecule has 0 saturated carbocycles. The van der Waals surface area contributed by atoms with Crippen LogP contribution in [0.2, 0.25) is 0 Å². The molecular weight excluding hydrogens is 250 g/mol. The van der Waals surface area contributed by atoms with Crippen LogP contribution in [0.15, 0.2) is 24.7 Å². The monoisotopic (exact) mass is 263 g/mol. The van der Waals surface area contributed by atoms with E-state index >= 15 is 0 Å². The number of thiazole rings is 1. The summed E-state index contributed by atoms with van der Waals surface area (Å²) in [5.74, 6) is -0.452. The fourth-order valence-corrected chi connectivity index (χ4v) is 2.22. The Morgan fingerprint density at radius 2 is 2.33 bits per heavy atom. The number of hydrogen-bond donors (Lipinski definition) is 2. The Labute approximate surface area is 109 Å². The van der Waals surface area contributed by atoms with Gasteiger partial charge >= 0.3 is 0 Å². The van der Waals surface area contributed by atoms with Gasteiger partial charge in [-0.15, -0.1) is 11.3 Å². The Balaban J connectivity index is 1.98. The molecule has 18 heavy (non-hydrogen) atoms. The van der Waals surface area contributed by atoms with Gasteiger partial charge in [0.15, 0.2) is 0 Å². The van der Waals surface area contributed by atoms with Crippen molar-refractivity contribution < 1.29 is 9.90 Å². The summed E-state index contributed by atoms with van der Waals surface area (Å²) in [5.41, 5.74) is 0.220. The van der Waals surface area contributed by atoms with E-state index in [4.69, 9.17) is 0 Å². The topological polar surface area (TPSA) is 75.1 Å². The van der Waals surface area contributed by atoms with E-state index in [1.54, 1.807) is 11.3 Å². The summed E-state index contributed by atoms with van der Waals surface area (Å²) in [5, 5.41) is 13.1. The molecule has 94 valence electrons. The second-order valence-electron chi connectivity index (χ2n) is 3.65. The molecule has 1 amide bonds. The predicted molar refractivity (Wildman–Crippen MR) is 68.6 cm³/mol. The van der Waals surface area contributed by atoms with Crippen molar-refractivity contribution in [2.75, 3.05) is 0 Å². The van der Waals surface area contributed by atoms with Crippen molar-refractivity contribution in [1.82, 2.24) is 15.3 Å². The van der Waals surface area contributed by atoms with E-state index in [0.29, 0.717) is 6.54 Å². The largest absolute Gasteiger partial charge is 0.505 e. The molecule has 0 aliphatic carbocycles. The zero-order chi connectivity index (χ0) is 13.0. The molecule has 2 heterocycles. The molecule has 0 spiro atoms. The number of nitrogens with one attached hydrogen (secondary N) is 1. The molecule has 0 radical (unpaired) electrons. The van der Waals surface area contributed by atoms with E-state index in [0.717, 1.165) is 11.4 Å². The summed E-state index contributed by atoms with van der Waals surface area (Å²) in [6.45, 7) is 2.43. The molecule has 0 aromatic carbocycles. The summed E-state index contributed by atoms with van der Waals surface area (Å²) in [4.78, 5) is 20.9. The quantitative estimate of drug-likeness (QED) is 0.881. The highest BCUT2D eigenvalue weighted by molar-refractivity contribution is 7.11. The highest BCUT2D eigenvalue weighted by Crippen LogP contribution is 2.15. The minimum atomic E-state index is -0.330. The highest BCUT2D eigenvalue weighted by Gasteiger charge is 2.10. The van der Waals surface area contributed by atoms with Crippen LogP contribution in [0.1, 0.15) is 27.2 Å². The third-order valence-electron chi connectivity index (χ3n) is 2.39. The highest BCUT2D eigenvalue weighted by atomic mass is 32.1. The minimum Gasteiger partial charge on any atom is -0.505 e. The summed E-state index contributed by atoms with van der Waals surface area (Å²) in [7, 11) is 0. The number of pyridine rings is 1. The first kappa shape index (κ1) is 12.5. The van der Waals surface area contributed by atoms with E-state index in [2.05, 4.69) is 22.2 Å². The van der Waals surface area contributed by atoms with Gasteiger partial charge < -0.3 is 10.4 Å². The third kappa shape index (κ3) is 2.84. The van der Waals surface area contributed by atoms with Gasteiger partial charge in [0.2, 0.25) is 0 Å². The average Bonchev–Trinajstić information content (AvgIpc) is 2.84. The fraction of sp³-hybridized carbons (Fsp3) is 0.250. The maximum absolute atomic E-state index is 11.8. The fourth-order valence-electron chi connectivity index (χ4n) is 1.42. The molecular formula is C12H13N3O2S. The number of aromatic hydroxyl groups is 1. The molecule has 0 aliphatic heterocycles. The Hall–Kier alpha value is -1.95. The van der Waals surface area contributed by atoms with Gasteiger partial charge in [0, 0.05) is 17.3 Å². The van der Waals surface area contributed by atoms with Gasteiger partial charge in [-0.3, -0.25) is 9.78 Å². The smallest absolute Gasteiger partial charge is 0.255 e. The number of hydrogen-bond acceptors (Lipinski definition) is 5. The second kappa shape index (κ2) is 5.59. The number of amides is 1. The Kier molecular flexibility index (Phi) is 3.88. The SMILES string of the molecule is CCc1cnc(CNC(=O)c2ccncc2O)s1. The van der Waals surface area contributed by atoms with Gasteiger partial charge in [-0.05, 0) is 12.5 Å². The Morgan fingerprint density at radius 1 is 1.50 bits per heavy atom. The number of rotatable bonds is 4. The van der Waals surface area contributed by atoms with Crippen LogP contribution in [-0.2, 0) is 13.0 Å². The summed E-state index contributed by atoms with van der Waals surface area (Å²) < 4.78 is 0. The summed E-state index contributed by atoms with van der Waals surface area (Å²) in [6, 6.07) is 1.48. The summed E-state index contributed by atoms with van der Waals surface area (Å²) >= 11 is 1.57. The first-order valence-electron chi connectivity index (χ1n) is 5.55. The van der Waals surface area contributed by atoms with Gasteiger partial charge in [0.05, 0.1) is 18.3 Å². The van der Waals surface area contributed by atoms with Crippen LogP contribution >= 0.6 is 11.3 Å². The second-order valence-corrected chi connectivity index (χ2v) is 4.85. The van der Waals surface area contributed by atoms with Crippen molar-refractivity contribution in [3.05, 3.63) is 40.1 Å². The molecule has 2 N–H and O–H groups in total. The number of aromatic nitrogens is 2. The van der Waals surface area contributed by atoms with Crippen molar-refractivity contribution in [1.29, 1.82) is 0 Å². The molecule has 2 aromatic heterocycles. The molecule has 6 heteroatoms. The Bertz CT molecular complexity index is 554.